The van der Waals surface area contributed by atoms with Crippen LogP contribution in [0.2, 0.25) is 0 Å². The quantitative estimate of drug-likeness (QED) is 0.775. The molecular weight excluding hydrogens is 286 g/mol. The number of rotatable bonds is 2. The summed E-state index contributed by atoms with van der Waals surface area (Å²) in [7, 11) is 0. The monoisotopic (exact) mass is 291 g/mol. The Morgan fingerprint density at radius 3 is 2.93 bits per heavy atom. The van der Waals surface area contributed by atoms with E-state index in [0.29, 0.717) is 11.8 Å². The average Bonchev–Trinajstić information content (AvgIpc) is 2.74. The zero-order valence-corrected chi connectivity index (χ0v) is 10.5. The lowest BCUT2D eigenvalue weighted by Gasteiger charge is -1.87. The fraction of sp³-hybridized carbons (Fsp3) is 0.222. The number of nitrogens with zero attached hydrogens (tertiary/aromatic N) is 1. The molecule has 0 saturated carbocycles. The molecule has 0 N–H and O–H groups in total. The van der Waals surface area contributed by atoms with Crippen molar-refractivity contribution in [1.29, 1.82) is 0 Å². The van der Waals surface area contributed by atoms with Gasteiger partial charge >= 0.3 is 0 Å². The Balaban J connectivity index is 2.39. The van der Waals surface area contributed by atoms with Crippen molar-refractivity contribution < 1.29 is 4.42 Å². The third-order valence-corrected chi connectivity index (χ3v) is 4.15. The first-order chi connectivity index (χ1) is 6.70. The number of thiophene rings is 1. The molecule has 74 valence electrons. The van der Waals surface area contributed by atoms with E-state index in [9.17, 15) is 0 Å². The van der Waals surface area contributed by atoms with Gasteiger partial charge in [0, 0.05) is 0 Å². The SMILES string of the molecule is Cc1cc(-c2cnc(CCl)o2)sc1Br. The maximum absolute atomic E-state index is 5.60. The molecule has 0 bridgehead atoms. The second-order valence-electron chi connectivity index (χ2n) is 2.82. The summed E-state index contributed by atoms with van der Waals surface area (Å²) in [6.45, 7) is 2.04. The number of alkyl halides is 1. The van der Waals surface area contributed by atoms with Gasteiger partial charge in [0.15, 0.2) is 5.76 Å². The molecule has 0 aliphatic heterocycles. The Bertz CT molecular complexity index is 432. The fourth-order valence-electron chi connectivity index (χ4n) is 1.07. The van der Waals surface area contributed by atoms with Gasteiger partial charge in [0.1, 0.15) is 0 Å². The van der Waals surface area contributed by atoms with Crippen molar-refractivity contribution >= 4 is 38.9 Å². The lowest BCUT2D eigenvalue weighted by molar-refractivity contribution is 0.530. The van der Waals surface area contributed by atoms with Crippen molar-refractivity contribution in [2.75, 3.05) is 0 Å². The van der Waals surface area contributed by atoms with Crippen LogP contribution in [-0.4, -0.2) is 4.98 Å². The molecule has 2 aromatic rings. The molecule has 0 unspecified atom stereocenters. The second-order valence-corrected chi connectivity index (χ2v) is 5.46. The molecule has 2 heterocycles. The molecule has 0 amide bonds. The molecule has 0 fully saturated rings. The van der Waals surface area contributed by atoms with Crippen molar-refractivity contribution in [2.45, 2.75) is 12.8 Å². The van der Waals surface area contributed by atoms with Crippen molar-refractivity contribution in [3.8, 4) is 10.6 Å². The summed E-state index contributed by atoms with van der Waals surface area (Å²) in [4.78, 5) is 5.11. The third-order valence-electron chi connectivity index (χ3n) is 1.77. The summed E-state index contributed by atoms with van der Waals surface area (Å²) in [6, 6.07) is 2.06. The van der Waals surface area contributed by atoms with Gasteiger partial charge in [-0.2, -0.15) is 0 Å². The number of hydrogen-bond acceptors (Lipinski definition) is 3. The summed E-state index contributed by atoms with van der Waals surface area (Å²) in [5.41, 5.74) is 1.20. The van der Waals surface area contributed by atoms with Gasteiger partial charge in [-0.1, -0.05) is 0 Å². The normalized spacial score (nSPS) is 10.8. The van der Waals surface area contributed by atoms with Crippen LogP contribution in [0.25, 0.3) is 10.6 Å². The summed E-state index contributed by atoms with van der Waals surface area (Å²) in [5.74, 6) is 1.65. The zero-order valence-electron chi connectivity index (χ0n) is 7.38. The molecule has 2 rings (SSSR count). The molecule has 0 spiro atoms. The van der Waals surface area contributed by atoms with Crippen LogP contribution in [-0.2, 0) is 5.88 Å². The highest BCUT2D eigenvalue weighted by atomic mass is 79.9. The van der Waals surface area contributed by atoms with Gasteiger partial charge in [0.2, 0.25) is 5.89 Å². The molecular formula is C9H7BrClNOS. The highest BCUT2D eigenvalue weighted by molar-refractivity contribution is 9.11. The smallest absolute Gasteiger partial charge is 0.209 e. The van der Waals surface area contributed by atoms with Crippen LogP contribution in [0, 0.1) is 6.92 Å². The van der Waals surface area contributed by atoms with Crippen molar-refractivity contribution in [3.05, 3.63) is 27.5 Å². The van der Waals surface area contributed by atoms with Crippen molar-refractivity contribution in [1.82, 2.24) is 4.98 Å². The van der Waals surface area contributed by atoms with E-state index in [0.717, 1.165) is 14.4 Å². The Kier molecular flexibility index (Phi) is 2.95. The lowest BCUT2D eigenvalue weighted by Crippen LogP contribution is -1.70. The first-order valence-electron chi connectivity index (χ1n) is 3.97. The van der Waals surface area contributed by atoms with Gasteiger partial charge in [-0.25, -0.2) is 4.98 Å². The molecule has 14 heavy (non-hydrogen) atoms. The number of oxazole rings is 1. The summed E-state index contributed by atoms with van der Waals surface area (Å²) >= 11 is 10.7. The van der Waals surface area contributed by atoms with Gasteiger partial charge in [-0.15, -0.1) is 22.9 Å². The fourth-order valence-corrected chi connectivity index (χ4v) is 2.67. The van der Waals surface area contributed by atoms with Gasteiger partial charge in [0.25, 0.3) is 0 Å². The van der Waals surface area contributed by atoms with E-state index in [1.54, 1.807) is 17.5 Å². The maximum Gasteiger partial charge on any atom is 0.209 e. The minimum absolute atomic E-state index is 0.311. The third kappa shape index (κ3) is 1.87. The minimum atomic E-state index is 0.311. The summed E-state index contributed by atoms with van der Waals surface area (Å²) in [6.07, 6.45) is 1.70. The largest absolute Gasteiger partial charge is 0.439 e. The number of halogens is 2. The first-order valence-corrected chi connectivity index (χ1v) is 6.12. The molecule has 5 heteroatoms. The Morgan fingerprint density at radius 2 is 2.43 bits per heavy atom. The van der Waals surface area contributed by atoms with Crippen molar-refractivity contribution in [2.24, 2.45) is 0 Å². The van der Waals surface area contributed by atoms with Crippen LogP contribution in [0.15, 0.2) is 20.5 Å². The van der Waals surface area contributed by atoms with Gasteiger partial charge in [-0.3, -0.25) is 0 Å². The number of hydrogen-bond donors (Lipinski definition) is 0. The van der Waals surface area contributed by atoms with Gasteiger partial charge in [0.05, 0.1) is 20.7 Å². The van der Waals surface area contributed by atoms with E-state index in [-0.39, 0.29) is 0 Å². The maximum atomic E-state index is 5.60. The van der Waals surface area contributed by atoms with Crippen molar-refractivity contribution in [3.63, 3.8) is 0 Å². The molecule has 0 aliphatic carbocycles. The van der Waals surface area contributed by atoms with E-state index < -0.39 is 0 Å². The molecule has 0 saturated heterocycles. The van der Waals surface area contributed by atoms with Gasteiger partial charge in [-0.05, 0) is 34.5 Å². The molecule has 0 aromatic carbocycles. The lowest BCUT2D eigenvalue weighted by atomic mass is 10.3. The predicted molar refractivity (Wildman–Crippen MR) is 61.8 cm³/mol. The van der Waals surface area contributed by atoms with Gasteiger partial charge < -0.3 is 4.42 Å². The van der Waals surface area contributed by atoms with Crippen LogP contribution >= 0.6 is 38.9 Å². The van der Waals surface area contributed by atoms with E-state index in [4.69, 9.17) is 16.0 Å². The van der Waals surface area contributed by atoms with E-state index in [1.807, 2.05) is 6.92 Å². The highest BCUT2D eigenvalue weighted by Crippen LogP contribution is 2.34. The summed E-state index contributed by atoms with van der Waals surface area (Å²) in [5, 5.41) is 0. The Morgan fingerprint density at radius 1 is 1.64 bits per heavy atom. The van der Waals surface area contributed by atoms with E-state index in [2.05, 4.69) is 27.0 Å². The van der Waals surface area contributed by atoms with E-state index in [1.165, 1.54) is 5.56 Å². The summed E-state index contributed by atoms with van der Waals surface area (Å²) < 4.78 is 6.56. The molecule has 2 nitrogen and oxygen atoms in total. The molecule has 0 radical (unpaired) electrons. The average molecular weight is 293 g/mol. The Labute approximate surface area is 99.0 Å². The number of aromatic nitrogens is 1. The highest BCUT2D eigenvalue weighted by Gasteiger charge is 2.09. The molecule has 0 atom stereocenters. The zero-order chi connectivity index (χ0) is 10.1. The topological polar surface area (TPSA) is 26.0 Å². The minimum Gasteiger partial charge on any atom is -0.439 e. The second kappa shape index (κ2) is 4.04. The number of aryl methyl sites for hydroxylation is 1. The standard InChI is InChI=1S/C9H7BrClNOS/c1-5-2-7(14-9(5)10)6-4-12-8(3-11)13-6/h2,4H,3H2,1H3. The van der Waals surface area contributed by atoms with Crippen LogP contribution in [0.3, 0.4) is 0 Å². The molecule has 0 aliphatic rings. The van der Waals surface area contributed by atoms with Crippen LogP contribution in [0.5, 0.6) is 0 Å². The van der Waals surface area contributed by atoms with Crippen LogP contribution < -0.4 is 0 Å². The van der Waals surface area contributed by atoms with Crippen LogP contribution in [0.1, 0.15) is 11.5 Å². The van der Waals surface area contributed by atoms with E-state index >= 15 is 0 Å². The first kappa shape index (κ1) is 10.2. The van der Waals surface area contributed by atoms with Crippen LogP contribution in [0.4, 0.5) is 0 Å². The molecule has 2 aromatic heterocycles. The Hall–Kier alpha value is -0.320. The predicted octanol–water partition coefficient (Wildman–Crippen LogP) is 4.21.